The third-order valence-electron chi connectivity index (χ3n) is 2.46. The van der Waals surface area contributed by atoms with E-state index in [0.717, 1.165) is 4.47 Å². The number of nitrogens with zero attached hydrogens (tertiary/aromatic N) is 2. The van der Waals surface area contributed by atoms with Crippen molar-refractivity contribution in [1.82, 2.24) is 9.55 Å². The predicted octanol–water partition coefficient (Wildman–Crippen LogP) is 2.44. The quantitative estimate of drug-likeness (QED) is 0.947. The Morgan fingerprint density at radius 1 is 1.50 bits per heavy atom. The van der Waals surface area contributed by atoms with Crippen LogP contribution in [-0.4, -0.2) is 22.6 Å². The molecule has 0 bridgehead atoms. The highest BCUT2D eigenvalue weighted by Gasteiger charge is 2.10. The molecule has 94 valence electrons. The van der Waals surface area contributed by atoms with Crippen LogP contribution >= 0.6 is 15.9 Å². The molecule has 0 saturated carbocycles. The third-order valence-corrected chi connectivity index (χ3v) is 3.11. The Balaban J connectivity index is 2.20. The normalized spacial score (nSPS) is 10.2. The first kappa shape index (κ1) is 12.6. The lowest BCUT2D eigenvalue weighted by molar-refractivity contribution is 0.101. The number of imidazole rings is 1. The molecule has 1 N–H and O–H groups in total. The molecule has 1 aromatic carbocycles. The number of carbonyl (C=O) groups is 1. The van der Waals surface area contributed by atoms with Gasteiger partial charge < -0.3 is 14.6 Å². The summed E-state index contributed by atoms with van der Waals surface area (Å²) in [5, 5.41) is 2.79. The van der Waals surface area contributed by atoms with Gasteiger partial charge in [0.15, 0.2) is 0 Å². The molecule has 0 saturated heterocycles. The van der Waals surface area contributed by atoms with Crippen LogP contribution in [0.1, 0.15) is 10.5 Å². The maximum atomic E-state index is 12.0. The van der Waals surface area contributed by atoms with Crippen LogP contribution < -0.4 is 10.1 Å². The van der Waals surface area contributed by atoms with Gasteiger partial charge in [0.25, 0.3) is 5.91 Å². The van der Waals surface area contributed by atoms with Gasteiger partial charge in [0.05, 0.1) is 24.1 Å². The van der Waals surface area contributed by atoms with E-state index in [1.807, 2.05) is 6.07 Å². The summed E-state index contributed by atoms with van der Waals surface area (Å²) in [6, 6.07) is 5.36. The van der Waals surface area contributed by atoms with Gasteiger partial charge in [-0.2, -0.15) is 0 Å². The largest absolute Gasteiger partial charge is 0.495 e. The van der Waals surface area contributed by atoms with Crippen LogP contribution in [0.3, 0.4) is 0 Å². The molecule has 0 aliphatic heterocycles. The second-order valence-electron chi connectivity index (χ2n) is 3.69. The van der Waals surface area contributed by atoms with Gasteiger partial charge in [0, 0.05) is 18.8 Å². The Bertz CT molecular complexity index is 580. The number of benzene rings is 1. The Hall–Kier alpha value is -1.82. The van der Waals surface area contributed by atoms with Crippen LogP contribution in [0, 0.1) is 0 Å². The van der Waals surface area contributed by atoms with E-state index in [-0.39, 0.29) is 5.91 Å². The highest BCUT2D eigenvalue weighted by atomic mass is 79.9. The number of hydrogen-bond donors (Lipinski definition) is 1. The van der Waals surface area contributed by atoms with Crippen LogP contribution in [0.2, 0.25) is 0 Å². The number of rotatable bonds is 3. The fraction of sp³-hybridized carbons (Fsp3) is 0.167. The third kappa shape index (κ3) is 2.53. The summed E-state index contributed by atoms with van der Waals surface area (Å²) in [5.41, 5.74) is 1.16. The maximum Gasteiger partial charge on any atom is 0.273 e. The van der Waals surface area contributed by atoms with E-state index in [1.54, 1.807) is 37.2 Å². The zero-order valence-corrected chi connectivity index (χ0v) is 11.6. The molecule has 0 atom stereocenters. The van der Waals surface area contributed by atoms with E-state index in [1.165, 1.54) is 6.20 Å². The summed E-state index contributed by atoms with van der Waals surface area (Å²) in [7, 11) is 3.34. The van der Waals surface area contributed by atoms with Crippen molar-refractivity contribution in [3.8, 4) is 5.75 Å². The summed E-state index contributed by atoms with van der Waals surface area (Å²) in [6.07, 6.45) is 3.10. The summed E-state index contributed by atoms with van der Waals surface area (Å²) < 4.78 is 7.66. The van der Waals surface area contributed by atoms with E-state index < -0.39 is 0 Å². The molecule has 5 nitrogen and oxygen atoms in total. The lowest BCUT2D eigenvalue weighted by atomic mass is 10.3. The summed E-state index contributed by atoms with van der Waals surface area (Å²) >= 11 is 3.36. The molecule has 0 aliphatic carbocycles. The lowest BCUT2D eigenvalue weighted by Crippen LogP contribution is -2.15. The van der Waals surface area contributed by atoms with Crippen LogP contribution in [0.4, 0.5) is 5.69 Å². The summed E-state index contributed by atoms with van der Waals surface area (Å²) in [5.74, 6) is 0.456. The predicted molar refractivity (Wildman–Crippen MR) is 71.9 cm³/mol. The average molecular weight is 310 g/mol. The van der Waals surface area contributed by atoms with Crippen molar-refractivity contribution >= 4 is 27.5 Å². The molecule has 1 amide bonds. The first-order chi connectivity index (χ1) is 8.61. The Morgan fingerprint density at radius 2 is 2.28 bits per heavy atom. The number of methoxy groups -OCH3 is 1. The van der Waals surface area contributed by atoms with Gasteiger partial charge in [-0.25, -0.2) is 4.98 Å². The molecule has 2 aromatic rings. The highest BCUT2D eigenvalue weighted by Crippen LogP contribution is 2.27. The zero-order chi connectivity index (χ0) is 13.1. The number of aryl methyl sites for hydroxylation is 1. The molecule has 0 aliphatic rings. The Morgan fingerprint density at radius 3 is 2.89 bits per heavy atom. The fourth-order valence-corrected chi connectivity index (χ4v) is 1.92. The van der Waals surface area contributed by atoms with E-state index in [0.29, 0.717) is 17.1 Å². The fourth-order valence-electron chi connectivity index (χ4n) is 1.51. The van der Waals surface area contributed by atoms with Crippen molar-refractivity contribution in [2.45, 2.75) is 0 Å². The van der Waals surface area contributed by atoms with Crippen molar-refractivity contribution in [1.29, 1.82) is 0 Å². The second-order valence-corrected chi connectivity index (χ2v) is 4.55. The van der Waals surface area contributed by atoms with Crippen LogP contribution in [0.5, 0.6) is 5.75 Å². The van der Waals surface area contributed by atoms with Gasteiger partial charge in [-0.3, -0.25) is 4.79 Å². The van der Waals surface area contributed by atoms with Crippen molar-refractivity contribution < 1.29 is 9.53 Å². The maximum absolute atomic E-state index is 12.0. The molecule has 0 unspecified atom stereocenters. The number of carbonyl (C=O) groups excluding carboxylic acids is 1. The highest BCUT2D eigenvalue weighted by molar-refractivity contribution is 9.10. The molecular formula is C12H12BrN3O2. The number of amides is 1. The summed E-state index contributed by atoms with van der Waals surface area (Å²) in [6.45, 7) is 0. The molecule has 0 fully saturated rings. The van der Waals surface area contributed by atoms with E-state index in [4.69, 9.17) is 4.74 Å². The van der Waals surface area contributed by atoms with E-state index >= 15 is 0 Å². The van der Waals surface area contributed by atoms with Gasteiger partial charge in [0.1, 0.15) is 11.4 Å². The number of ether oxygens (including phenoxy) is 1. The number of halogens is 1. The number of hydrogen-bond acceptors (Lipinski definition) is 3. The number of aromatic nitrogens is 2. The van der Waals surface area contributed by atoms with Gasteiger partial charge in [-0.05, 0) is 28.1 Å². The number of anilines is 1. The smallest absolute Gasteiger partial charge is 0.273 e. The Labute approximate surface area is 113 Å². The minimum absolute atomic E-state index is 0.209. The van der Waals surface area contributed by atoms with Crippen molar-refractivity contribution in [3.05, 3.63) is 40.9 Å². The van der Waals surface area contributed by atoms with Gasteiger partial charge in [0.2, 0.25) is 0 Å². The second kappa shape index (κ2) is 5.22. The zero-order valence-electron chi connectivity index (χ0n) is 9.98. The SMILES string of the molecule is COc1cc(NC(=O)c2cncn2C)ccc1Br. The topological polar surface area (TPSA) is 56.1 Å². The summed E-state index contributed by atoms with van der Waals surface area (Å²) in [4.78, 5) is 15.9. The lowest BCUT2D eigenvalue weighted by Gasteiger charge is -2.08. The van der Waals surface area contributed by atoms with Gasteiger partial charge in [-0.15, -0.1) is 0 Å². The first-order valence-corrected chi connectivity index (χ1v) is 6.02. The molecule has 2 rings (SSSR count). The molecule has 6 heteroatoms. The Kier molecular flexibility index (Phi) is 3.66. The molecule has 18 heavy (non-hydrogen) atoms. The van der Waals surface area contributed by atoms with Crippen LogP contribution in [0.25, 0.3) is 0 Å². The van der Waals surface area contributed by atoms with Crippen molar-refractivity contribution in [3.63, 3.8) is 0 Å². The van der Waals surface area contributed by atoms with E-state index in [9.17, 15) is 4.79 Å². The van der Waals surface area contributed by atoms with Crippen molar-refractivity contribution in [2.75, 3.05) is 12.4 Å². The van der Waals surface area contributed by atoms with Crippen LogP contribution in [0.15, 0.2) is 35.2 Å². The minimum Gasteiger partial charge on any atom is -0.495 e. The molecule has 0 radical (unpaired) electrons. The van der Waals surface area contributed by atoms with Gasteiger partial charge >= 0.3 is 0 Å². The first-order valence-electron chi connectivity index (χ1n) is 5.23. The number of nitrogens with one attached hydrogen (secondary N) is 1. The van der Waals surface area contributed by atoms with Crippen molar-refractivity contribution in [2.24, 2.45) is 7.05 Å². The average Bonchev–Trinajstić information content (AvgIpc) is 2.78. The molecule has 0 spiro atoms. The van der Waals surface area contributed by atoms with Crippen LogP contribution in [-0.2, 0) is 7.05 Å². The molecule has 1 heterocycles. The monoisotopic (exact) mass is 309 g/mol. The minimum atomic E-state index is -0.209. The molecule has 1 aromatic heterocycles. The van der Waals surface area contributed by atoms with Gasteiger partial charge in [-0.1, -0.05) is 0 Å². The van der Waals surface area contributed by atoms with E-state index in [2.05, 4.69) is 26.2 Å². The standard InChI is InChI=1S/C12H12BrN3O2/c1-16-7-14-6-10(16)12(17)15-8-3-4-9(13)11(5-8)18-2/h3-7H,1-2H3,(H,15,17). The molecular weight excluding hydrogens is 298 g/mol.